The highest BCUT2D eigenvalue weighted by Crippen LogP contribution is 2.34. The number of para-hydroxylation sites is 1. The summed E-state index contributed by atoms with van der Waals surface area (Å²) in [4.78, 5) is 23.5. The van der Waals surface area contributed by atoms with Gasteiger partial charge in [0.1, 0.15) is 29.6 Å². The van der Waals surface area contributed by atoms with E-state index in [1.54, 1.807) is 12.1 Å². The first kappa shape index (κ1) is 24.1. The van der Waals surface area contributed by atoms with Crippen LogP contribution in [0.2, 0.25) is 10.0 Å². The number of rotatable bonds is 8. The van der Waals surface area contributed by atoms with Gasteiger partial charge in [-0.15, -0.1) is 0 Å². The highest BCUT2D eigenvalue weighted by atomic mass is 35.5. The molecule has 0 unspecified atom stereocenters. The predicted molar refractivity (Wildman–Crippen MR) is 132 cm³/mol. The molecular formula is C25H18Cl2N2O6. The molecule has 178 valence electrons. The minimum atomic E-state index is -0.597. The van der Waals surface area contributed by atoms with Crippen molar-refractivity contribution in [2.75, 3.05) is 5.32 Å². The number of halogens is 2. The van der Waals surface area contributed by atoms with Crippen molar-refractivity contribution in [2.24, 2.45) is 0 Å². The first-order valence-electron chi connectivity index (χ1n) is 10.3. The Bertz CT molecular complexity index is 1400. The lowest BCUT2D eigenvalue weighted by atomic mass is 10.2. The monoisotopic (exact) mass is 512 g/mol. The number of nitrogens with one attached hydrogen (secondary N) is 1. The van der Waals surface area contributed by atoms with Crippen LogP contribution in [0.4, 0.5) is 11.4 Å². The number of nitrogens with zero attached hydrogens (tertiary/aromatic N) is 1. The quantitative estimate of drug-likeness (QED) is 0.194. The zero-order valence-electron chi connectivity index (χ0n) is 18.3. The summed E-state index contributed by atoms with van der Waals surface area (Å²) < 4.78 is 17.0. The van der Waals surface area contributed by atoms with E-state index in [4.69, 9.17) is 37.1 Å². The van der Waals surface area contributed by atoms with Crippen LogP contribution in [0.15, 0.2) is 77.2 Å². The van der Waals surface area contributed by atoms with E-state index in [0.717, 1.165) is 5.56 Å². The Morgan fingerprint density at radius 1 is 1.03 bits per heavy atom. The second kappa shape index (κ2) is 10.5. The first-order valence-corrected chi connectivity index (χ1v) is 11.0. The van der Waals surface area contributed by atoms with Crippen LogP contribution in [0.25, 0.3) is 0 Å². The molecule has 0 fully saturated rings. The van der Waals surface area contributed by atoms with E-state index in [1.165, 1.54) is 36.4 Å². The molecule has 1 amide bonds. The van der Waals surface area contributed by atoms with Gasteiger partial charge in [-0.05, 0) is 48.9 Å². The van der Waals surface area contributed by atoms with Crippen molar-refractivity contribution in [3.05, 3.63) is 110 Å². The van der Waals surface area contributed by atoms with E-state index in [2.05, 4.69) is 5.32 Å². The standard InChI is InChI=1S/C25H18Cl2N2O6/c1-15-4-2-3-5-22(15)33-14-19-7-9-24(34-19)25(30)28-17-11-18(29(31)32)13-20(12-17)35-23-8-6-16(26)10-21(23)27/h2-13H,14H2,1H3,(H,28,30). The average molecular weight is 513 g/mol. The Morgan fingerprint density at radius 3 is 2.57 bits per heavy atom. The topological polar surface area (TPSA) is 104 Å². The zero-order chi connectivity index (χ0) is 24.9. The predicted octanol–water partition coefficient (Wildman–Crippen LogP) is 7.43. The Labute approximate surface area is 210 Å². The van der Waals surface area contributed by atoms with Crippen molar-refractivity contribution < 1.29 is 23.6 Å². The number of carbonyl (C=O) groups is 1. The van der Waals surface area contributed by atoms with Gasteiger partial charge in [0.25, 0.3) is 11.6 Å². The van der Waals surface area contributed by atoms with Crippen molar-refractivity contribution in [1.29, 1.82) is 0 Å². The number of carbonyl (C=O) groups excluding carboxylic acids is 1. The third-order valence-corrected chi connectivity index (χ3v) is 5.36. The van der Waals surface area contributed by atoms with Crippen molar-refractivity contribution in [3.8, 4) is 17.2 Å². The van der Waals surface area contributed by atoms with Crippen LogP contribution in [0.1, 0.15) is 21.9 Å². The summed E-state index contributed by atoms with van der Waals surface area (Å²) in [6, 6.07) is 19.1. The molecule has 0 atom stereocenters. The number of furan rings is 1. The van der Waals surface area contributed by atoms with Gasteiger partial charge in [-0.25, -0.2) is 0 Å². The Hall–Kier alpha value is -4.01. The normalized spacial score (nSPS) is 10.6. The molecule has 1 aromatic heterocycles. The number of nitro groups is 1. The van der Waals surface area contributed by atoms with E-state index < -0.39 is 10.8 Å². The van der Waals surface area contributed by atoms with Crippen LogP contribution in [-0.4, -0.2) is 10.8 Å². The van der Waals surface area contributed by atoms with Gasteiger partial charge in [0.2, 0.25) is 0 Å². The Kier molecular flexibility index (Phi) is 7.24. The SMILES string of the molecule is Cc1ccccc1OCc1ccc(C(=O)Nc2cc(Oc3ccc(Cl)cc3Cl)cc([N+](=O)[O-])c2)o1. The molecule has 0 radical (unpaired) electrons. The van der Waals surface area contributed by atoms with Crippen LogP contribution in [0.5, 0.6) is 17.2 Å². The molecule has 1 heterocycles. The van der Waals surface area contributed by atoms with Gasteiger partial charge < -0.3 is 19.2 Å². The third kappa shape index (κ3) is 6.11. The number of hydrogen-bond donors (Lipinski definition) is 1. The maximum Gasteiger partial charge on any atom is 0.291 e. The maximum absolute atomic E-state index is 12.7. The summed E-state index contributed by atoms with van der Waals surface area (Å²) in [6.07, 6.45) is 0. The smallest absolute Gasteiger partial charge is 0.291 e. The van der Waals surface area contributed by atoms with Crippen molar-refractivity contribution in [3.63, 3.8) is 0 Å². The number of nitro benzene ring substituents is 1. The fourth-order valence-electron chi connectivity index (χ4n) is 3.14. The second-order valence-corrected chi connectivity index (χ2v) is 8.27. The average Bonchev–Trinajstić information content (AvgIpc) is 3.29. The summed E-state index contributed by atoms with van der Waals surface area (Å²) in [5.74, 6) is 0.925. The van der Waals surface area contributed by atoms with Crippen molar-refractivity contribution in [1.82, 2.24) is 0 Å². The lowest BCUT2D eigenvalue weighted by Crippen LogP contribution is -2.11. The van der Waals surface area contributed by atoms with Crippen LogP contribution in [0.3, 0.4) is 0 Å². The summed E-state index contributed by atoms with van der Waals surface area (Å²) in [7, 11) is 0. The number of hydrogen-bond acceptors (Lipinski definition) is 6. The maximum atomic E-state index is 12.7. The van der Waals surface area contributed by atoms with Crippen molar-refractivity contribution >= 4 is 40.5 Å². The number of non-ortho nitro benzene ring substituents is 1. The minimum Gasteiger partial charge on any atom is -0.485 e. The van der Waals surface area contributed by atoms with E-state index in [9.17, 15) is 14.9 Å². The van der Waals surface area contributed by atoms with Gasteiger partial charge in [0.05, 0.1) is 21.7 Å². The van der Waals surface area contributed by atoms with Crippen LogP contribution < -0.4 is 14.8 Å². The second-order valence-electron chi connectivity index (χ2n) is 7.42. The Balaban J connectivity index is 1.48. The third-order valence-electron chi connectivity index (χ3n) is 4.83. The lowest BCUT2D eigenvalue weighted by Gasteiger charge is -2.10. The molecule has 1 N–H and O–H groups in total. The van der Waals surface area contributed by atoms with Gasteiger partial charge in [0.15, 0.2) is 5.76 Å². The largest absolute Gasteiger partial charge is 0.485 e. The fraction of sp³-hybridized carbons (Fsp3) is 0.0800. The minimum absolute atomic E-state index is 0.0168. The van der Waals surface area contributed by atoms with Crippen molar-refractivity contribution in [2.45, 2.75) is 13.5 Å². The molecule has 10 heteroatoms. The lowest BCUT2D eigenvalue weighted by molar-refractivity contribution is -0.384. The molecule has 35 heavy (non-hydrogen) atoms. The molecular weight excluding hydrogens is 495 g/mol. The molecule has 4 aromatic rings. The molecule has 4 rings (SSSR count). The number of aryl methyl sites for hydroxylation is 1. The Morgan fingerprint density at radius 2 is 1.83 bits per heavy atom. The molecule has 0 aliphatic carbocycles. The summed E-state index contributed by atoms with van der Waals surface area (Å²) in [5, 5.41) is 14.6. The van der Waals surface area contributed by atoms with E-state index in [-0.39, 0.29) is 40.3 Å². The van der Waals surface area contributed by atoms with Gasteiger partial charge in [-0.2, -0.15) is 0 Å². The molecule has 8 nitrogen and oxygen atoms in total. The molecule has 0 saturated heterocycles. The molecule has 0 saturated carbocycles. The highest BCUT2D eigenvalue weighted by molar-refractivity contribution is 6.35. The molecule has 0 spiro atoms. The number of benzene rings is 3. The summed E-state index contributed by atoms with van der Waals surface area (Å²) in [5.41, 5.74) is 0.827. The van der Waals surface area contributed by atoms with E-state index >= 15 is 0 Å². The molecule has 3 aromatic carbocycles. The molecule has 0 bridgehead atoms. The molecule has 0 aliphatic heterocycles. The number of amides is 1. The van der Waals surface area contributed by atoms with Gasteiger partial charge in [0, 0.05) is 17.2 Å². The highest BCUT2D eigenvalue weighted by Gasteiger charge is 2.17. The summed E-state index contributed by atoms with van der Waals surface area (Å²) >= 11 is 12.0. The zero-order valence-corrected chi connectivity index (χ0v) is 19.8. The van der Waals surface area contributed by atoms with Crippen LogP contribution >= 0.6 is 23.2 Å². The van der Waals surface area contributed by atoms with Gasteiger partial charge in [-0.3, -0.25) is 14.9 Å². The number of ether oxygens (including phenoxy) is 2. The van der Waals surface area contributed by atoms with E-state index in [0.29, 0.717) is 16.5 Å². The fourth-order valence-corrected chi connectivity index (χ4v) is 3.59. The van der Waals surface area contributed by atoms with Gasteiger partial charge in [-0.1, -0.05) is 41.4 Å². The number of anilines is 1. The molecule has 0 aliphatic rings. The van der Waals surface area contributed by atoms with Crippen LogP contribution in [0, 0.1) is 17.0 Å². The van der Waals surface area contributed by atoms with Gasteiger partial charge >= 0.3 is 0 Å². The van der Waals surface area contributed by atoms with Crippen LogP contribution in [-0.2, 0) is 6.61 Å². The van der Waals surface area contributed by atoms with E-state index in [1.807, 2.05) is 31.2 Å². The first-order chi connectivity index (χ1) is 16.8. The summed E-state index contributed by atoms with van der Waals surface area (Å²) in [6.45, 7) is 2.06.